The van der Waals surface area contributed by atoms with Crippen molar-refractivity contribution in [2.24, 2.45) is 0 Å². The highest BCUT2D eigenvalue weighted by atomic mass is 32.1. The number of carbonyl (C=O) groups is 1. The van der Waals surface area contributed by atoms with Gasteiger partial charge in [-0.05, 0) is 25.7 Å². The van der Waals surface area contributed by atoms with Gasteiger partial charge in [0, 0.05) is 17.1 Å². The average Bonchev–Trinajstić information content (AvgIpc) is 2.93. The molecule has 0 atom stereocenters. The fraction of sp³-hybridized carbons (Fsp3) is 0.455. The third-order valence-corrected chi connectivity index (χ3v) is 3.05. The van der Waals surface area contributed by atoms with Crippen molar-refractivity contribution in [3.8, 4) is 11.8 Å². The van der Waals surface area contributed by atoms with Crippen LogP contribution in [0.3, 0.4) is 0 Å². The van der Waals surface area contributed by atoms with Gasteiger partial charge in [0.1, 0.15) is 0 Å². The zero-order chi connectivity index (χ0) is 10.7. The van der Waals surface area contributed by atoms with Gasteiger partial charge in [-0.25, -0.2) is 0 Å². The highest BCUT2D eigenvalue weighted by Crippen LogP contribution is 2.28. The minimum atomic E-state index is -0.0617. The van der Waals surface area contributed by atoms with Crippen LogP contribution in [-0.4, -0.2) is 21.8 Å². The Morgan fingerprint density at radius 1 is 1.73 bits per heavy atom. The number of nitrogens with zero attached hydrogens (tertiary/aromatic N) is 2. The summed E-state index contributed by atoms with van der Waals surface area (Å²) >= 11 is 1.58. The summed E-state index contributed by atoms with van der Waals surface area (Å²) in [4.78, 5) is 18.7. The number of thiazole rings is 1. The number of carbonyl (C=O) groups excluding carboxylic acids is 1. The Kier molecular flexibility index (Phi) is 3.02. The second-order valence-electron chi connectivity index (χ2n) is 3.51. The summed E-state index contributed by atoms with van der Waals surface area (Å²) < 4.78 is 0. The first-order valence-corrected chi connectivity index (χ1v) is 5.80. The molecule has 0 unspecified atom stereocenters. The predicted octanol–water partition coefficient (Wildman–Crippen LogP) is 1.66. The average molecular weight is 220 g/mol. The lowest BCUT2D eigenvalue weighted by molar-refractivity contribution is -0.126. The van der Waals surface area contributed by atoms with Crippen LogP contribution in [0.2, 0.25) is 0 Å². The van der Waals surface area contributed by atoms with Crippen LogP contribution in [0, 0.1) is 11.8 Å². The second kappa shape index (κ2) is 4.45. The second-order valence-corrected chi connectivity index (χ2v) is 4.48. The number of amides is 1. The highest BCUT2D eigenvalue weighted by molar-refractivity contribution is 7.09. The van der Waals surface area contributed by atoms with E-state index in [0.29, 0.717) is 12.6 Å². The van der Waals surface area contributed by atoms with Gasteiger partial charge in [0.05, 0.1) is 12.1 Å². The lowest BCUT2D eigenvalue weighted by Crippen LogP contribution is -2.31. The van der Waals surface area contributed by atoms with E-state index >= 15 is 0 Å². The quantitative estimate of drug-likeness (QED) is 0.726. The van der Waals surface area contributed by atoms with Crippen LogP contribution in [-0.2, 0) is 11.3 Å². The van der Waals surface area contributed by atoms with Gasteiger partial charge in [-0.15, -0.1) is 11.3 Å². The molecule has 1 heterocycles. The van der Waals surface area contributed by atoms with Crippen LogP contribution in [0.1, 0.15) is 24.6 Å². The van der Waals surface area contributed by atoms with E-state index in [1.54, 1.807) is 23.8 Å². The number of hydrogen-bond acceptors (Lipinski definition) is 3. The molecule has 1 saturated carbocycles. The third kappa shape index (κ3) is 2.57. The first kappa shape index (κ1) is 10.2. The van der Waals surface area contributed by atoms with Crippen molar-refractivity contribution in [3.05, 3.63) is 16.6 Å². The summed E-state index contributed by atoms with van der Waals surface area (Å²) in [5.74, 6) is 5.20. The summed E-state index contributed by atoms with van der Waals surface area (Å²) in [5, 5.41) is 0. The van der Waals surface area contributed by atoms with Gasteiger partial charge >= 0.3 is 0 Å². The van der Waals surface area contributed by atoms with Crippen LogP contribution in [0.25, 0.3) is 0 Å². The first-order chi connectivity index (χ1) is 7.31. The Morgan fingerprint density at radius 2 is 2.53 bits per heavy atom. The molecule has 3 nitrogen and oxygen atoms in total. The Labute approximate surface area is 93.1 Å². The molecule has 0 bridgehead atoms. The maximum atomic E-state index is 11.7. The maximum absolute atomic E-state index is 11.7. The van der Waals surface area contributed by atoms with Crippen molar-refractivity contribution < 1.29 is 4.79 Å². The van der Waals surface area contributed by atoms with Crippen molar-refractivity contribution in [2.75, 3.05) is 0 Å². The molecule has 1 aliphatic carbocycles. The predicted molar refractivity (Wildman–Crippen MR) is 59.1 cm³/mol. The molecular weight excluding hydrogens is 208 g/mol. The van der Waals surface area contributed by atoms with Gasteiger partial charge in [0.15, 0.2) is 0 Å². The number of aromatic nitrogens is 1. The third-order valence-electron chi connectivity index (χ3n) is 2.29. The van der Waals surface area contributed by atoms with E-state index in [0.717, 1.165) is 17.7 Å². The zero-order valence-corrected chi connectivity index (χ0v) is 9.38. The standard InChI is InChI=1S/C11H12N2OS/c1-2-3-11(14)13(9-4-5-9)7-10-6-12-8-15-10/h6,8-9H,4-5,7H2,1H3. The molecular formula is C11H12N2OS. The summed E-state index contributed by atoms with van der Waals surface area (Å²) in [7, 11) is 0. The molecule has 0 spiro atoms. The van der Waals surface area contributed by atoms with Crippen molar-refractivity contribution >= 4 is 17.2 Å². The molecule has 1 aromatic rings. The first-order valence-electron chi connectivity index (χ1n) is 4.92. The number of rotatable bonds is 3. The van der Waals surface area contributed by atoms with E-state index in [-0.39, 0.29) is 5.91 Å². The van der Waals surface area contributed by atoms with Gasteiger partial charge in [0.2, 0.25) is 0 Å². The summed E-state index contributed by atoms with van der Waals surface area (Å²) in [5.41, 5.74) is 1.79. The Hall–Kier alpha value is -1.34. The van der Waals surface area contributed by atoms with E-state index in [1.807, 2.05) is 11.1 Å². The van der Waals surface area contributed by atoms with Crippen molar-refractivity contribution in [1.29, 1.82) is 0 Å². The molecule has 15 heavy (non-hydrogen) atoms. The molecule has 1 fully saturated rings. The molecule has 0 aromatic carbocycles. The van der Waals surface area contributed by atoms with Crippen LogP contribution < -0.4 is 0 Å². The van der Waals surface area contributed by atoms with E-state index in [9.17, 15) is 4.79 Å². The lowest BCUT2D eigenvalue weighted by Gasteiger charge is -2.18. The van der Waals surface area contributed by atoms with Gasteiger partial charge in [-0.2, -0.15) is 0 Å². The van der Waals surface area contributed by atoms with E-state index < -0.39 is 0 Å². The largest absolute Gasteiger partial charge is 0.324 e. The zero-order valence-electron chi connectivity index (χ0n) is 8.56. The van der Waals surface area contributed by atoms with Gasteiger partial charge < -0.3 is 4.90 Å². The molecule has 0 aliphatic heterocycles. The lowest BCUT2D eigenvalue weighted by atomic mass is 10.4. The van der Waals surface area contributed by atoms with Gasteiger partial charge in [0.25, 0.3) is 5.91 Å². The minimum absolute atomic E-state index is 0.0617. The molecule has 1 aromatic heterocycles. The fourth-order valence-corrected chi connectivity index (χ4v) is 2.01. The molecule has 0 N–H and O–H groups in total. The molecule has 4 heteroatoms. The molecule has 78 valence electrons. The van der Waals surface area contributed by atoms with E-state index in [2.05, 4.69) is 16.8 Å². The highest BCUT2D eigenvalue weighted by Gasteiger charge is 2.32. The van der Waals surface area contributed by atoms with Gasteiger partial charge in [-0.1, -0.05) is 5.92 Å². The topological polar surface area (TPSA) is 33.2 Å². The molecule has 1 amide bonds. The van der Waals surface area contributed by atoms with Crippen LogP contribution in [0.4, 0.5) is 0 Å². The van der Waals surface area contributed by atoms with Gasteiger partial charge in [-0.3, -0.25) is 9.78 Å². The normalized spacial score (nSPS) is 14.2. The van der Waals surface area contributed by atoms with Crippen molar-refractivity contribution in [1.82, 2.24) is 9.88 Å². The Balaban J connectivity index is 2.05. The smallest absolute Gasteiger partial charge is 0.299 e. The van der Waals surface area contributed by atoms with Crippen LogP contribution in [0.5, 0.6) is 0 Å². The molecule has 0 radical (unpaired) electrons. The van der Waals surface area contributed by atoms with E-state index in [4.69, 9.17) is 0 Å². The Morgan fingerprint density at radius 3 is 3.07 bits per heavy atom. The summed E-state index contributed by atoms with van der Waals surface area (Å²) in [6.45, 7) is 2.35. The van der Waals surface area contributed by atoms with E-state index in [1.165, 1.54) is 0 Å². The molecule has 0 saturated heterocycles. The molecule has 1 aliphatic rings. The SMILES string of the molecule is CC#CC(=O)N(Cc1cncs1)C1CC1. The summed E-state index contributed by atoms with van der Waals surface area (Å²) in [6.07, 6.45) is 4.03. The van der Waals surface area contributed by atoms with Crippen molar-refractivity contribution in [3.63, 3.8) is 0 Å². The maximum Gasteiger partial charge on any atom is 0.299 e. The molecule has 2 rings (SSSR count). The van der Waals surface area contributed by atoms with Crippen LogP contribution in [0.15, 0.2) is 11.7 Å². The minimum Gasteiger partial charge on any atom is -0.324 e. The monoisotopic (exact) mass is 220 g/mol. The number of hydrogen-bond donors (Lipinski definition) is 0. The van der Waals surface area contributed by atoms with Crippen molar-refractivity contribution in [2.45, 2.75) is 32.4 Å². The fourth-order valence-electron chi connectivity index (χ4n) is 1.42. The van der Waals surface area contributed by atoms with Crippen LogP contribution >= 0.6 is 11.3 Å². The Bertz CT molecular complexity index is 398. The summed E-state index contributed by atoms with van der Waals surface area (Å²) in [6, 6.07) is 0.403.